The first-order valence-corrected chi connectivity index (χ1v) is 9.61. The zero-order valence-corrected chi connectivity index (χ0v) is 15.8. The number of para-hydroxylation sites is 1. The Morgan fingerprint density at radius 1 is 1.14 bits per heavy atom. The summed E-state index contributed by atoms with van der Waals surface area (Å²) in [5.74, 6) is 0.342. The summed E-state index contributed by atoms with van der Waals surface area (Å²) in [6.07, 6.45) is 1.44. The number of rotatable bonds is 6. The van der Waals surface area contributed by atoms with Crippen LogP contribution >= 0.6 is 0 Å². The summed E-state index contributed by atoms with van der Waals surface area (Å²) in [5, 5.41) is 11.3. The lowest BCUT2D eigenvalue weighted by molar-refractivity contribution is -0.135. The number of benzene rings is 2. The van der Waals surface area contributed by atoms with Crippen molar-refractivity contribution in [1.29, 1.82) is 0 Å². The molecular formula is C22H23NO5. The number of aliphatic hydroxyl groups is 1. The number of amides is 1. The predicted octanol–water partition coefficient (Wildman–Crippen LogP) is 3.07. The molecular weight excluding hydrogens is 358 g/mol. The third-order valence-electron chi connectivity index (χ3n) is 5.26. The van der Waals surface area contributed by atoms with Gasteiger partial charge in [0.25, 0.3) is 5.91 Å². The third-order valence-corrected chi connectivity index (χ3v) is 5.26. The molecule has 1 amide bonds. The number of unbranched alkanes of at least 4 members (excludes halogenated alkanes) is 1. The summed E-state index contributed by atoms with van der Waals surface area (Å²) in [5.41, 5.74) is -0.301. The minimum absolute atomic E-state index is 0.314. The normalized spacial score (nSPS) is 20.2. The Hall–Kier alpha value is -2.86. The fourth-order valence-corrected chi connectivity index (χ4v) is 3.77. The van der Waals surface area contributed by atoms with Crippen molar-refractivity contribution in [2.24, 2.45) is 0 Å². The van der Waals surface area contributed by atoms with Crippen molar-refractivity contribution < 1.29 is 24.2 Å². The second kappa shape index (κ2) is 7.28. The van der Waals surface area contributed by atoms with Gasteiger partial charge in [-0.25, -0.2) is 0 Å². The molecule has 0 saturated carbocycles. The molecule has 6 heteroatoms. The van der Waals surface area contributed by atoms with Gasteiger partial charge in [-0.05, 0) is 30.7 Å². The molecule has 2 aliphatic rings. The first-order chi connectivity index (χ1) is 13.5. The van der Waals surface area contributed by atoms with Gasteiger partial charge in [-0.1, -0.05) is 31.5 Å². The number of ether oxygens (including phenoxy) is 2. The van der Waals surface area contributed by atoms with E-state index in [1.54, 1.807) is 35.2 Å². The van der Waals surface area contributed by atoms with Crippen LogP contribution in [0.4, 0.5) is 5.69 Å². The number of hydrogen-bond acceptors (Lipinski definition) is 5. The monoisotopic (exact) mass is 381 g/mol. The molecule has 0 aromatic heterocycles. The van der Waals surface area contributed by atoms with Gasteiger partial charge in [-0.15, -0.1) is 0 Å². The molecule has 4 rings (SSSR count). The molecule has 2 aliphatic heterocycles. The fourth-order valence-electron chi connectivity index (χ4n) is 3.77. The number of anilines is 1. The minimum Gasteiger partial charge on any atom is -0.486 e. The topological polar surface area (TPSA) is 76.1 Å². The first kappa shape index (κ1) is 18.5. The molecule has 0 radical (unpaired) electrons. The average molecular weight is 381 g/mol. The van der Waals surface area contributed by atoms with E-state index in [4.69, 9.17) is 9.47 Å². The zero-order valence-electron chi connectivity index (χ0n) is 15.8. The van der Waals surface area contributed by atoms with Gasteiger partial charge in [0.1, 0.15) is 13.2 Å². The lowest BCUT2D eigenvalue weighted by Gasteiger charge is -2.23. The van der Waals surface area contributed by atoms with E-state index in [1.807, 2.05) is 19.1 Å². The van der Waals surface area contributed by atoms with Gasteiger partial charge in [-0.2, -0.15) is 0 Å². The van der Waals surface area contributed by atoms with Crippen molar-refractivity contribution in [1.82, 2.24) is 0 Å². The maximum atomic E-state index is 13.1. The molecule has 2 aromatic rings. The quantitative estimate of drug-likeness (QED) is 0.779. The van der Waals surface area contributed by atoms with Crippen molar-refractivity contribution in [3.63, 3.8) is 0 Å². The molecule has 2 heterocycles. The van der Waals surface area contributed by atoms with Crippen LogP contribution in [0.2, 0.25) is 0 Å². The summed E-state index contributed by atoms with van der Waals surface area (Å²) in [6.45, 7) is 3.46. The summed E-state index contributed by atoms with van der Waals surface area (Å²) >= 11 is 0. The van der Waals surface area contributed by atoms with E-state index in [0.29, 0.717) is 48.1 Å². The van der Waals surface area contributed by atoms with E-state index in [2.05, 4.69) is 0 Å². The van der Waals surface area contributed by atoms with Crippen LogP contribution in [0.25, 0.3) is 0 Å². The highest BCUT2D eigenvalue weighted by molar-refractivity contribution is 6.10. The zero-order chi connectivity index (χ0) is 19.7. The molecule has 6 nitrogen and oxygen atoms in total. The van der Waals surface area contributed by atoms with Crippen LogP contribution in [0.3, 0.4) is 0 Å². The van der Waals surface area contributed by atoms with Gasteiger partial charge in [0, 0.05) is 17.7 Å². The van der Waals surface area contributed by atoms with E-state index in [1.165, 1.54) is 0 Å². The number of carbonyl (C=O) groups is 2. The highest BCUT2D eigenvalue weighted by atomic mass is 16.6. The van der Waals surface area contributed by atoms with Crippen LogP contribution in [0, 0.1) is 0 Å². The SMILES string of the molecule is CCCCN1C(=O)[C@](O)(CC(=O)c2ccc3c(c2)OCCO3)c2ccccc21. The molecule has 28 heavy (non-hydrogen) atoms. The van der Waals surface area contributed by atoms with E-state index in [9.17, 15) is 14.7 Å². The molecule has 2 aromatic carbocycles. The van der Waals surface area contributed by atoms with Crippen LogP contribution < -0.4 is 14.4 Å². The summed E-state index contributed by atoms with van der Waals surface area (Å²) in [7, 11) is 0. The van der Waals surface area contributed by atoms with Crippen LogP contribution in [0.1, 0.15) is 42.1 Å². The Kier molecular flexibility index (Phi) is 4.81. The van der Waals surface area contributed by atoms with Crippen molar-refractivity contribution in [3.05, 3.63) is 53.6 Å². The van der Waals surface area contributed by atoms with Crippen LogP contribution in [-0.2, 0) is 10.4 Å². The number of Topliss-reactive ketones (excluding diaryl/α,β-unsaturated/α-hetero) is 1. The largest absolute Gasteiger partial charge is 0.486 e. The summed E-state index contributed by atoms with van der Waals surface area (Å²) < 4.78 is 11.0. The van der Waals surface area contributed by atoms with Crippen molar-refractivity contribution in [2.45, 2.75) is 31.8 Å². The molecule has 0 bridgehead atoms. The second-order valence-corrected chi connectivity index (χ2v) is 7.15. The standard InChI is InChI=1S/C22H23NO5/c1-2-3-10-23-17-7-5-4-6-16(17)22(26,21(23)25)14-18(24)15-8-9-19-20(13-15)28-12-11-27-19/h4-9,13,26H,2-3,10-12,14H2,1H3/t22-/m0/s1. The Balaban J connectivity index is 1.63. The van der Waals surface area contributed by atoms with Crippen LogP contribution in [0.15, 0.2) is 42.5 Å². The van der Waals surface area contributed by atoms with Gasteiger partial charge in [0.05, 0.1) is 12.1 Å². The maximum Gasteiger partial charge on any atom is 0.264 e. The Labute approximate surface area is 163 Å². The molecule has 1 N–H and O–H groups in total. The number of carbonyl (C=O) groups excluding carboxylic acids is 2. The number of hydrogen-bond donors (Lipinski definition) is 1. The van der Waals surface area contributed by atoms with Crippen molar-refractivity contribution >= 4 is 17.4 Å². The number of fused-ring (bicyclic) bond motifs is 2. The van der Waals surface area contributed by atoms with Crippen molar-refractivity contribution in [2.75, 3.05) is 24.7 Å². The molecule has 0 unspecified atom stereocenters. The van der Waals surface area contributed by atoms with Gasteiger partial charge in [-0.3, -0.25) is 9.59 Å². The smallest absolute Gasteiger partial charge is 0.264 e. The summed E-state index contributed by atoms with van der Waals surface area (Å²) in [4.78, 5) is 27.6. The minimum atomic E-state index is -1.85. The van der Waals surface area contributed by atoms with Gasteiger partial charge in [0.15, 0.2) is 22.9 Å². The van der Waals surface area contributed by atoms with Gasteiger partial charge >= 0.3 is 0 Å². The molecule has 146 valence electrons. The lowest BCUT2D eigenvalue weighted by atomic mass is 9.88. The second-order valence-electron chi connectivity index (χ2n) is 7.15. The highest BCUT2D eigenvalue weighted by Crippen LogP contribution is 2.43. The fraction of sp³-hybridized carbons (Fsp3) is 0.364. The molecule has 0 saturated heterocycles. The Morgan fingerprint density at radius 2 is 1.89 bits per heavy atom. The molecule has 0 spiro atoms. The maximum absolute atomic E-state index is 13.1. The number of nitrogens with zero attached hydrogens (tertiary/aromatic N) is 1. The molecule has 1 atom stereocenters. The van der Waals surface area contributed by atoms with Gasteiger partial charge in [0.2, 0.25) is 0 Å². The number of ketones is 1. The lowest BCUT2D eigenvalue weighted by Crippen LogP contribution is -2.42. The Bertz CT molecular complexity index is 925. The highest BCUT2D eigenvalue weighted by Gasteiger charge is 2.50. The van der Waals surface area contributed by atoms with Crippen molar-refractivity contribution in [3.8, 4) is 11.5 Å². The summed E-state index contributed by atoms with van der Waals surface area (Å²) in [6, 6.07) is 12.1. The van der Waals surface area contributed by atoms with E-state index < -0.39 is 11.5 Å². The van der Waals surface area contributed by atoms with E-state index in [-0.39, 0.29) is 12.2 Å². The molecule has 0 fully saturated rings. The van der Waals surface area contributed by atoms with Gasteiger partial charge < -0.3 is 19.5 Å². The van der Waals surface area contributed by atoms with E-state index >= 15 is 0 Å². The average Bonchev–Trinajstić information content (AvgIpc) is 2.93. The van der Waals surface area contributed by atoms with E-state index in [0.717, 1.165) is 12.8 Å². The van der Waals surface area contributed by atoms with Crippen LogP contribution in [0.5, 0.6) is 11.5 Å². The first-order valence-electron chi connectivity index (χ1n) is 9.61. The predicted molar refractivity (Wildman–Crippen MR) is 104 cm³/mol. The third kappa shape index (κ3) is 3.03. The Morgan fingerprint density at radius 3 is 2.68 bits per heavy atom. The van der Waals surface area contributed by atoms with Crippen LogP contribution in [-0.4, -0.2) is 36.6 Å². The molecule has 0 aliphatic carbocycles.